The van der Waals surface area contributed by atoms with Crippen molar-refractivity contribution in [2.24, 2.45) is 15.4 Å². The largest absolute Gasteiger partial charge is 1.00 e. The maximum atomic E-state index is 12.9. The number of benzene rings is 3. The minimum Gasteiger partial charge on any atom is -0.507 e. The number of sulfonamides is 1. The third-order valence-electron chi connectivity index (χ3n) is 4.87. The molecule has 1 aromatic heterocycles. The number of hydrogen-bond acceptors (Lipinski definition) is 9. The number of phenols is 1. The molecule has 0 spiro atoms. The van der Waals surface area contributed by atoms with Crippen LogP contribution < -0.4 is 10.7 Å². The number of aromatic nitrogens is 2. The van der Waals surface area contributed by atoms with Crippen LogP contribution in [0.4, 0.5) is 11.4 Å². The number of hydrogen-bond donors (Lipinski definition) is 3. The van der Waals surface area contributed by atoms with E-state index in [1.165, 1.54) is 49.4 Å². The molecule has 15 heteroatoms. The number of phenolic OH excluding ortho intramolecular Hbond substituents is 1. The second-order valence-electron chi connectivity index (χ2n) is 7.15. The third kappa shape index (κ3) is 5.05. The molecular formula is C20H17CuN5O7S2. The number of aromatic hydroxyl groups is 1. The summed E-state index contributed by atoms with van der Waals surface area (Å²) < 4.78 is 57.0. The molecule has 1 heterocycles. The Hall–Kier alpha value is -3.33. The van der Waals surface area contributed by atoms with Crippen molar-refractivity contribution in [3.05, 3.63) is 70.6 Å². The maximum absolute atomic E-state index is 12.9. The van der Waals surface area contributed by atoms with Crippen molar-refractivity contribution < 1.29 is 45.0 Å². The first kappa shape index (κ1) is 26.3. The molecule has 0 aliphatic carbocycles. The van der Waals surface area contributed by atoms with Gasteiger partial charge in [-0.05, 0) is 36.4 Å². The van der Waals surface area contributed by atoms with E-state index in [0.29, 0.717) is 0 Å². The van der Waals surface area contributed by atoms with E-state index < -0.39 is 30.6 Å². The molecule has 0 amide bonds. The predicted molar refractivity (Wildman–Crippen MR) is 122 cm³/mol. The summed E-state index contributed by atoms with van der Waals surface area (Å²) in [7, 11) is -8.59. The van der Waals surface area contributed by atoms with Crippen LogP contribution in [0.2, 0.25) is 0 Å². The molecular weight excluding hydrogens is 550 g/mol. The Morgan fingerprint density at radius 1 is 1.09 bits per heavy atom. The molecule has 12 nitrogen and oxygen atoms in total. The Morgan fingerprint density at radius 2 is 1.77 bits per heavy atom. The van der Waals surface area contributed by atoms with E-state index in [1.807, 2.05) is 0 Å². The van der Waals surface area contributed by atoms with Crippen LogP contribution in [0.5, 0.6) is 5.75 Å². The number of aryl methyl sites for hydroxylation is 1. The van der Waals surface area contributed by atoms with Gasteiger partial charge in [0.25, 0.3) is 10.1 Å². The van der Waals surface area contributed by atoms with Crippen molar-refractivity contribution >= 4 is 42.3 Å². The summed E-state index contributed by atoms with van der Waals surface area (Å²) in [5.74, 6) is -0.313. The van der Waals surface area contributed by atoms with Gasteiger partial charge in [0.2, 0.25) is 10.0 Å². The van der Waals surface area contributed by atoms with Crippen molar-refractivity contribution in [3.8, 4) is 11.4 Å². The number of primary sulfonamides is 1. The summed E-state index contributed by atoms with van der Waals surface area (Å²) in [6.07, 6.45) is 0. The molecule has 187 valence electrons. The molecule has 0 atom stereocenters. The average Bonchev–Trinajstić information content (AvgIpc) is 3.04. The zero-order valence-corrected chi connectivity index (χ0v) is 20.2. The summed E-state index contributed by atoms with van der Waals surface area (Å²) in [6, 6.07) is 11.7. The topological polar surface area (TPSA) is 194 Å². The Labute approximate surface area is 210 Å². The van der Waals surface area contributed by atoms with E-state index in [0.717, 1.165) is 16.8 Å². The van der Waals surface area contributed by atoms with Gasteiger partial charge in [0, 0.05) is 22.5 Å². The normalized spacial score (nSPS) is 12.2. The van der Waals surface area contributed by atoms with Crippen LogP contribution in [0.15, 0.2) is 79.4 Å². The van der Waals surface area contributed by atoms with Gasteiger partial charge < -0.3 is 15.0 Å². The van der Waals surface area contributed by atoms with E-state index in [9.17, 15) is 31.3 Å². The molecule has 0 aliphatic heterocycles. The number of fused-ring (bicyclic) bond motifs is 1. The van der Waals surface area contributed by atoms with Crippen LogP contribution in [-0.4, -0.2) is 36.3 Å². The fourth-order valence-electron chi connectivity index (χ4n) is 3.33. The Bertz CT molecular complexity index is 1770. The van der Waals surface area contributed by atoms with E-state index in [2.05, 4.69) is 15.3 Å². The molecule has 35 heavy (non-hydrogen) atoms. The van der Waals surface area contributed by atoms with Gasteiger partial charge in [0.1, 0.15) is 16.2 Å². The summed E-state index contributed by atoms with van der Waals surface area (Å²) in [5, 5.41) is 27.5. The molecule has 0 aliphatic rings. The molecule has 3 aromatic carbocycles. The molecule has 0 saturated carbocycles. The molecule has 4 aromatic rings. The summed E-state index contributed by atoms with van der Waals surface area (Å²) in [6.45, 7) is 1.49. The molecule has 4 rings (SSSR count). The molecule has 0 saturated heterocycles. The smallest absolute Gasteiger partial charge is 0.507 e. The second kappa shape index (κ2) is 9.37. The van der Waals surface area contributed by atoms with Crippen molar-refractivity contribution in [2.45, 2.75) is 16.7 Å². The first-order valence-electron chi connectivity index (χ1n) is 9.42. The van der Waals surface area contributed by atoms with Gasteiger partial charge in [-0.3, -0.25) is 4.55 Å². The van der Waals surface area contributed by atoms with Crippen molar-refractivity contribution in [3.63, 3.8) is 0 Å². The van der Waals surface area contributed by atoms with Crippen molar-refractivity contribution in [2.75, 3.05) is 0 Å². The Balaban J connectivity index is 0.00000228. The summed E-state index contributed by atoms with van der Waals surface area (Å²) in [4.78, 5) is 12.3. The molecule has 0 unspecified atom stereocenters. The number of rotatable bonds is 5. The quantitative estimate of drug-likeness (QED) is 0.142. The molecule has 0 bridgehead atoms. The fraction of sp³-hybridized carbons (Fsp3) is 0.0500. The SMILES string of the molecule is Cc1nn(-c2cccc(S(N)(=O)=O)c2)c(=O)[c-]1N=Nc1cccc2c(S(=O)(=O)O)ccc(O)c12.[Cu].[H+]. The van der Waals surface area contributed by atoms with Gasteiger partial charge in [-0.15, -0.1) is 5.69 Å². The second-order valence-corrected chi connectivity index (χ2v) is 10.1. The zero-order valence-electron chi connectivity index (χ0n) is 18.6. The fourth-order valence-corrected chi connectivity index (χ4v) is 4.58. The first-order chi connectivity index (χ1) is 15.9. The van der Waals surface area contributed by atoms with E-state index in [-0.39, 0.29) is 62.7 Å². The predicted octanol–water partition coefficient (Wildman–Crippen LogP) is 2.54. The summed E-state index contributed by atoms with van der Waals surface area (Å²) in [5.41, 5.74) is -0.512. The van der Waals surface area contributed by atoms with Gasteiger partial charge in [0.15, 0.2) is 0 Å². The van der Waals surface area contributed by atoms with Gasteiger partial charge >= 0.3 is 1.43 Å². The van der Waals surface area contributed by atoms with Crippen molar-refractivity contribution in [1.82, 2.24) is 9.78 Å². The molecule has 4 N–H and O–H groups in total. The summed E-state index contributed by atoms with van der Waals surface area (Å²) >= 11 is 0. The Kier molecular flexibility index (Phi) is 7.04. The van der Waals surface area contributed by atoms with Gasteiger partial charge in [-0.1, -0.05) is 30.8 Å². The van der Waals surface area contributed by atoms with Crippen LogP contribution in [0, 0.1) is 6.92 Å². The van der Waals surface area contributed by atoms with Crippen LogP contribution in [0.3, 0.4) is 0 Å². The number of nitrogens with two attached hydrogens (primary N) is 1. The number of nitrogens with zero attached hydrogens (tertiary/aromatic N) is 4. The van der Waals surface area contributed by atoms with E-state index >= 15 is 0 Å². The van der Waals surface area contributed by atoms with E-state index in [1.54, 1.807) is 0 Å². The monoisotopic (exact) mass is 566 g/mol. The Morgan fingerprint density at radius 3 is 2.43 bits per heavy atom. The minimum atomic E-state index is -4.58. The number of azo groups is 1. The van der Waals surface area contributed by atoms with Crippen LogP contribution in [0.1, 0.15) is 7.12 Å². The molecule has 0 fully saturated rings. The van der Waals surface area contributed by atoms with Gasteiger partial charge in [-0.25, -0.2) is 23.3 Å². The van der Waals surface area contributed by atoms with Crippen LogP contribution >= 0.6 is 0 Å². The van der Waals surface area contributed by atoms with Crippen LogP contribution in [-0.2, 0) is 37.2 Å². The van der Waals surface area contributed by atoms with Gasteiger partial charge in [0.05, 0.1) is 21.7 Å². The maximum Gasteiger partial charge on any atom is 1.00 e. The van der Waals surface area contributed by atoms with E-state index in [4.69, 9.17) is 5.14 Å². The average molecular weight is 567 g/mol. The first-order valence-corrected chi connectivity index (χ1v) is 12.4. The van der Waals surface area contributed by atoms with Crippen molar-refractivity contribution in [1.29, 1.82) is 0 Å². The third-order valence-corrected chi connectivity index (χ3v) is 6.69. The van der Waals surface area contributed by atoms with Crippen LogP contribution in [0.25, 0.3) is 16.5 Å². The van der Waals surface area contributed by atoms with Gasteiger partial charge in [-0.2, -0.15) is 13.5 Å². The zero-order chi connectivity index (χ0) is 24.8. The standard InChI is InChI=1S/C20H16N5O7S2.Cu/c1-11-19(20(27)25(24-11)12-4-2-5-13(10-12)33(21,28)29)23-22-15-7-3-6-14-17(34(30,31)32)9-8-16(26)18(14)15;/h2-10,26H,1H3,(H2,21,28,29)(H,30,31,32);/q-1;/p+1. The molecule has 1 radical (unpaired) electrons. The minimum absolute atomic E-state index is 0.